The predicted molar refractivity (Wildman–Crippen MR) is 148 cm³/mol. The molecule has 0 aliphatic heterocycles. The molecule has 0 aromatic heterocycles. The molecule has 1 aromatic rings. The Bertz CT molecular complexity index is 779. The molecule has 0 spiro atoms. The van der Waals surface area contributed by atoms with Crippen LogP contribution in [-0.4, -0.2) is 0 Å². The lowest BCUT2D eigenvalue weighted by atomic mass is 9.69. The second-order valence-corrected chi connectivity index (χ2v) is 12.2. The van der Waals surface area contributed by atoms with E-state index in [1.165, 1.54) is 108 Å². The Kier molecular flexibility index (Phi) is 10.2. The average Bonchev–Trinajstić information content (AvgIpc) is 2.88. The Balaban J connectivity index is 1.17. The van der Waals surface area contributed by atoms with Crippen LogP contribution in [0.4, 0.5) is 0 Å². The summed E-state index contributed by atoms with van der Waals surface area (Å²) in [4.78, 5) is 0. The van der Waals surface area contributed by atoms with E-state index in [2.05, 4.69) is 62.1 Å². The van der Waals surface area contributed by atoms with Crippen LogP contribution >= 0.6 is 0 Å². The Morgan fingerprint density at radius 1 is 0.765 bits per heavy atom. The summed E-state index contributed by atoms with van der Waals surface area (Å²) in [5, 5.41) is 0. The van der Waals surface area contributed by atoms with Gasteiger partial charge in [-0.15, -0.1) is 0 Å². The van der Waals surface area contributed by atoms with Crippen LogP contribution in [0.3, 0.4) is 0 Å². The summed E-state index contributed by atoms with van der Waals surface area (Å²) in [7, 11) is 0. The lowest BCUT2D eigenvalue weighted by Gasteiger charge is -2.36. The number of benzene rings is 1. The van der Waals surface area contributed by atoms with E-state index in [9.17, 15) is 0 Å². The molecule has 4 rings (SSSR count). The molecule has 3 aliphatic rings. The van der Waals surface area contributed by atoms with Gasteiger partial charge in [0.05, 0.1) is 0 Å². The van der Waals surface area contributed by atoms with Crippen molar-refractivity contribution in [1.29, 1.82) is 0 Å². The van der Waals surface area contributed by atoms with Crippen molar-refractivity contribution in [3.63, 3.8) is 0 Å². The second kappa shape index (κ2) is 13.6. The van der Waals surface area contributed by atoms with Crippen LogP contribution in [0, 0.1) is 41.4 Å². The Hall–Kier alpha value is -1.48. The summed E-state index contributed by atoms with van der Waals surface area (Å²) < 4.78 is 0. The first-order valence-corrected chi connectivity index (χ1v) is 15.0. The van der Waals surface area contributed by atoms with Crippen molar-refractivity contribution in [3.8, 4) is 11.8 Å². The van der Waals surface area contributed by atoms with Gasteiger partial charge in [0, 0.05) is 5.56 Å². The van der Waals surface area contributed by atoms with Gasteiger partial charge in [-0.2, -0.15) is 0 Å². The molecule has 3 aliphatic carbocycles. The van der Waals surface area contributed by atoms with E-state index in [0.29, 0.717) is 0 Å². The third kappa shape index (κ3) is 7.77. The Morgan fingerprint density at radius 2 is 1.41 bits per heavy atom. The normalized spacial score (nSPS) is 32.3. The third-order valence-electron chi connectivity index (χ3n) is 9.66. The van der Waals surface area contributed by atoms with E-state index in [-0.39, 0.29) is 0 Å². The van der Waals surface area contributed by atoms with Crippen LogP contribution in [0.5, 0.6) is 0 Å². The quantitative estimate of drug-likeness (QED) is 0.281. The third-order valence-corrected chi connectivity index (χ3v) is 9.66. The zero-order valence-corrected chi connectivity index (χ0v) is 22.2. The molecular formula is C34H50. The van der Waals surface area contributed by atoms with E-state index in [1.807, 2.05) is 0 Å². The molecule has 0 unspecified atom stereocenters. The maximum Gasteiger partial charge on any atom is 0.0249 e. The van der Waals surface area contributed by atoms with Crippen LogP contribution < -0.4 is 0 Å². The zero-order chi connectivity index (χ0) is 23.6. The summed E-state index contributed by atoms with van der Waals surface area (Å²) in [5.41, 5.74) is 2.70. The smallest absolute Gasteiger partial charge is 0.0249 e. The molecule has 1 aromatic carbocycles. The van der Waals surface area contributed by atoms with Gasteiger partial charge in [0.15, 0.2) is 0 Å². The van der Waals surface area contributed by atoms with Crippen LogP contribution in [0.25, 0.3) is 0 Å². The first-order chi connectivity index (χ1) is 16.7. The molecule has 0 heteroatoms. The minimum absolute atomic E-state index is 0.757. The SMILES string of the molecule is CCCCCC1CCC(c2ccc(C#CC=CC3CCC(C4CCC(C)CC4)CC3)cc2)CC1. The van der Waals surface area contributed by atoms with Gasteiger partial charge in [0.25, 0.3) is 0 Å². The maximum absolute atomic E-state index is 3.38. The van der Waals surface area contributed by atoms with Crippen LogP contribution in [0.2, 0.25) is 0 Å². The molecule has 0 saturated heterocycles. The molecule has 0 nitrogen and oxygen atoms in total. The Labute approximate surface area is 211 Å². The molecule has 0 bridgehead atoms. The van der Waals surface area contributed by atoms with Crippen molar-refractivity contribution in [2.75, 3.05) is 0 Å². The van der Waals surface area contributed by atoms with Crippen molar-refractivity contribution < 1.29 is 0 Å². The van der Waals surface area contributed by atoms with Gasteiger partial charge in [-0.1, -0.05) is 82.4 Å². The summed E-state index contributed by atoms with van der Waals surface area (Å²) in [6.07, 6.45) is 27.4. The van der Waals surface area contributed by atoms with Crippen molar-refractivity contribution in [3.05, 3.63) is 47.5 Å². The van der Waals surface area contributed by atoms with Gasteiger partial charge < -0.3 is 0 Å². The minimum atomic E-state index is 0.757. The largest absolute Gasteiger partial charge is 0.0730 e. The molecule has 186 valence electrons. The first kappa shape index (κ1) is 25.6. The number of allylic oxidation sites excluding steroid dienone is 2. The maximum atomic E-state index is 3.38. The second-order valence-electron chi connectivity index (χ2n) is 12.2. The van der Waals surface area contributed by atoms with E-state index in [0.717, 1.165) is 41.1 Å². The highest BCUT2D eigenvalue weighted by Gasteiger charge is 2.29. The first-order valence-electron chi connectivity index (χ1n) is 15.0. The summed E-state index contributed by atoms with van der Waals surface area (Å²) >= 11 is 0. The number of hydrogen-bond donors (Lipinski definition) is 0. The van der Waals surface area contributed by atoms with Gasteiger partial charge in [0.2, 0.25) is 0 Å². The van der Waals surface area contributed by atoms with E-state index in [1.54, 1.807) is 0 Å². The van der Waals surface area contributed by atoms with Crippen molar-refractivity contribution in [2.45, 2.75) is 122 Å². The molecule has 3 fully saturated rings. The number of hydrogen-bond acceptors (Lipinski definition) is 0. The topological polar surface area (TPSA) is 0 Å². The molecule has 34 heavy (non-hydrogen) atoms. The predicted octanol–water partition coefficient (Wildman–Crippen LogP) is 10.1. The number of rotatable bonds is 7. The van der Waals surface area contributed by atoms with Crippen LogP contribution in [0.15, 0.2) is 36.4 Å². The average molecular weight is 459 g/mol. The van der Waals surface area contributed by atoms with Gasteiger partial charge in [-0.05, 0) is 123 Å². The molecular weight excluding hydrogens is 408 g/mol. The lowest BCUT2D eigenvalue weighted by Crippen LogP contribution is -2.24. The fourth-order valence-electron chi connectivity index (χ4n) is 7.18. The highest BCUT2D eigenvalue weighted by Crippen LogP contribution is 2.41. The standard InChI is InChI=1S/C34H50/c1-3-4-5-8-28-13-23-33(24-14-28)34-25-17-30(18-26-34)10-7-6-9-29-15-21-32(22-16-29)31-19-11-27(2)12-20-31/h6,9,17-18,25-29,31-33H,3-5,8,11-16,19-24H2,1-2H3. The highest BCUT2D eigenvalue weighted by molar-refractivity contribution is 5.39. The van der Waals surface area contributed by atoms with Gasteiger partial charge in [-0.3, -0.25) is 0 Å². The molecule has 0 amide bonds. The van der Waals surface area contributed by atoms with E-state index < -0.39 is 0 Å². The van der Waals surface area contributed by atoms with Crippen molar-refractivity contribution >= 4 is 0 Å². The van der Waals surface area contributed by atoms with Gasteiger partial charge in [-0.25, -0.2) is 0 Å². The molecule has 3 saturated carbocycles. The molecule has 0 heterocycles. The van der Waals surface area contributed by atoms with Gasteiger partial charge in [0.1, 0.15) is 0 Å². The van der Waals surface area contributed by atoms with Crippen LogP contribution in [0.1, 0.15) is 134 Å². The zero-order valence-electron chi connectivity index (χ0n) is 22.2. The molecule has 0 N–H and O–H groups in total. The van der Waals surface area contributed by atoms with Crippen molar-refractivity contribution in [2.24, 2.45) is 29.6 Å². The Morgan fingerprint density at radius 3 is 2.06 bits per heavy atom. The lowest BCUT2D eigenvalue weighted by molar-refractivity contribution is 0.160. The van der Waals surface area contributed by atoms with Crippen molar-refractivity contribution in [1.82, 2.24) is 0 Å². The monoisotopic (exact) mass is 458 g/mol. The molecule has 0 atom stereocenters. The fraction of sp³-hybridized carbons (Fsp3) is 0.706. The highest BCUT2D eigenvalue weighted by atomic mass is 14.3. The fourth-order valence-corrected chi connectivity index (χ4v) is 7.18. The summed E-state index contributed by atoms with van der Waals surface area (Å²) in [5.74, 6) is 12.2. The minimum Gasteiger partial charge on any atom is -0.0730 e. The number of unbranched alkanes of at least 4 members (excludes halogenated alkanes) is 2. The van der Waals surface area contributed by atoms with Gasteiger partial charge >= 0.3 is 0 Å². The van der Waals surface area contributed by atoms with Crippen LogP contribution in [-0.2, 0) is 0 Å². The van der Waals surface area contributed by atoms with E-state index in [4.69, 9.17) is 0 Å². The van der Waals surface area contributed by atoms with E-state index >= 15 is 0 Å². The summed E-state index contributed by atoms with van der Waals surface area (Å²) in [6.45, 7) is 4.75. The summed E-state index contributed by atoms with van der Waals surface area (Å²) in [6, 6.07) is 9.20. The molecule has 0 radical (unpaired) electrons.